The molecule has 0 N–H and O–H groups in total. The Balaban J connectivity index is 1.74. The van der Waals surface area contributed by atoms with Crippen LogP contribution in [0, 0.1) is 6.92 Å². The molecule has 1 fully saturated rings. The number of likely N-dealkylation sites (N-methyl/N-ethyl adjacent to an activating group) is 1. The van der Waals surface area contributed by atoms with E-state index in [4.69, 9.17) is 4.74 Å². The molecule has 0 saturated carbocycles. The van der Waals surface area contributed by atoms with E-state index in [0.717, 1.165) is 5.56 Å². The highest BCUT2D eigenvalue weighted by atomic mass is 32.2. The van der Waals surface area contributed by atoms with Gasteiger partial charge in [-0.1, -0.05) is 29.8 Å². The molecule has 7 heteroatoms. The van der Waals surface area contributed by atoms with Crippen molar-refractivity contribution >= 4 is 21.6 Å². The molecule has 2 aliphatic rings. The number of carbonyl (C=O) groups excluding carboxylic acids is 1. The molecule has 1 saturated heterocycles. The minimum Gasteiger partial charge on any atom is -0.487 e. The van der Waals surface area contributed by atoms with Crippen LogP contribution in [0.25, 0.3) is 0 Å². The average molecular weight is 372 g/mol. The number of fused-ring (bicyclic) bond motifs is 3. The molecule has 0 spiro atoms. The Bertz CT molecular complexity index is 956. The number of hydrogen-bond donors (Lipinski definition) is 0. The minimum atomic E-state index is -3.78. The molecule has 2 heterocycles. The van der Waals surface area contributed by atoms with Gasteiger partial charge in [0.1, 0.15) is 17.9 Å². The van der Waals surface area contributed by atoms with Crippen LogP contribution < -0.4 is 9.64 Å². The molecule has 1 amide bonds. The summed E-state index contributed by atoms with van der Waals surface area (Å²) in [4.78, 5) is 14.7. The molecule has 26 heavy (non-hydrogen) atoms. The Morgan fingerprint density at radius 2 is 1.77 bits per heavy atom. The molecule has 0 radical (unpaired) electrons. The Hall–Kier alpha value is -2.38. The highest BCUT2D eigenvalue weighted by Crippen LogP contribution is 2.37. The molecule has 136 valence electrons. The first kappa shape index (κ1) is 17.1. The zero-order chi connectivity index (χ0) is 18.5. The summed E-state index contributed by atoms with van der Waals surface area (Å²) in [6, 6.07) is 13.2. The van der Waals surface area contributed by atoms with Crippen molar-refractivity contribution in [3.05, 3.63) is 54.1 Å². The number of hydrogen-bond acceptors (Lipinski definition) is 4. The van der Waals surface area contributed by atoms with Gasteiger partial charge in [0.15, 0.2) is 0 Å². The lowest BCUT2D eigenvalue weighted by Crippen LogP contribution is -2.46. The lowest BCUT2D eigenvalue weighted by Gasteiger charge is -2.28. The van der Waals surface area contributed by atoms with Gasteiger partial charge in [0.25, 0.3) is 0 Å². The van der Waals surface area contributed by atoms with Crippen LogP contribution >= 0.6 is 0 Å². The van der Waals surface area contributed by atoms with E-state index in [1.807, 2.05) is 19.1 Å². The highest BCUT2D eigenvalue weighted by molar-refractivity contribution is 7.89. The Morgan fingerprint density at radius 3 is 2.50 bits per heavy atom. The summed E-state index contributed by atoms with van der Waals surface area (Å²) in [5.74, 6) is 0.361. The number of para-hydroxylation sites is 2. The van der Waals surface area contributed by atoms with Gasteiger partial charge in [0.2, 0.25) is 15.9 Å². The van der Waals surface area contributed by atoms with E-state index in [1.165, 1.54) is 9.21 Å². The van der Waals surface area contributed by atoms with Crippen LogP contribution in [0.5, 0.6) is 5.75 Å². The smallest absolute Gasteiger partial charge is 0.245 e. The second kappa shape index (κ2) is 6.10. The summed E-state index contributed by atoms with van der Waals surface area (Å²) in [6.45, 7) is 2.06. The molecule has 2 unspecified atom stereocenters. The van der Waals surface area contributed by atoms with Gasteiger partial charge in [0, 0.05) is 13.5 Å². The molecular weight excluding hydrogens is 352 g/mol. The molecule has 4 rings (SSSR count). The maximum Gasteiger partial charge on any atom is 0.245 e. The van der Waals surface area contributed by atoms with E-state index >= 15 is 0 Å². The summed E-state index contributed by atoms with van der Waals surface area (Å²) < 4.78 is 33.6. The Labute approximate surface area is 153 Å². The average Bonchev–Trinajstić information content (AvgIpc) is 3.06. The van der Waals surface area contributed by atoms with E-state index in [2.05, 4.69) is 0 Å². The monoisotopic (exact) mass is 372 g/mol. The predicted octanol–water partition coefficient (Wildman–Crippen LogP) is 2.18. The van der Waals surface area contributed by atoms with Crippen LogP contribution in [-0.2, 0) is 14.8 Å². The first-order valence-electron chi connectivity index (χ1n) is 8.49. The maximum absolute atomic E-state index is 13.1. The summed E-state index contributed by atoms with van der Waals surface area (Å²) >= 11 is 0. The third-order valence-corrected chi connectivity index (χ3v) is 6.87. The fraction of sp³-hybridized carbons (Fsp3) is 0.316. The van der Waals surface area contributed by atoms with Crippen molar-refractivity contribution in [2.75, 3.05) is 18.5 Å². The van der Waals surface area contributed by atoms with Gasteiger partial charge in [0.05, 0.1) is 17.1 Å². The zero-order valence-electron chi connectivity index (χ0n) is 14.6. The van der Waals surface area contributed by atoms with Crippen LogP contribution in [0.2, 0.25) is 0 Å². The fourth-order valence-electron chi connectivity index (χ4n) is 3.55. The first-order valence-corrected chi connectivity index (χ1v) is 9.94. The number of amides is 1. The highest BCUT2D eigenvalue weighted by Gasteiger charge is 2.47. The summed E-state index contributed by atoms with van der Waals surface area (Å²) in [5, 5.41) is 0. The molecule has 6 nitrogen and oxygen atoms in total. The van der Waals surface area contributed by atoms with E-state index in [9.17, 15) is 13.2 Å². The van der Waals surface area contributed by atoms with Gasteiger partial charge >= 0.3 is 0 Å². The molecule has 2 bridgehead atoms. The lowest BCUT2D eigenvalue weighted by atomic mass is 10.1. The van der Waals surface area contributed by atoms with Gasteiger partial charge in [-0.05, 0) is 31.2 Å². The molecule has 0 aliphatic carbocycles. The van der Waals surface area contributed by atoms with Gasteiger partial charge in [-0.2, -0.15) is 4.31 Å². The van der Waals surface area contributed by atoms with Crippen molar-refractivity contribution in [2.45, 2.75) is 30.4 Å². The van der Waals surface area contributed by atoms with Gasteiger partial charge in [-0.25, -0.2) is 8.42 Å². The topological polar surface area (TPSA) is 66.9 Å². The summed E-state index contributed by atoms with van der Waals surface area (Å²) in [6.07, 6.45) is 0.00167. The SMILES string of the molecule is Cc1ccc(S(=O)(=O)N2CC3CC2C(=O)N(C)c2ccccc2O3)cc1. The van der Waals surface area contributed by atoms with Crippen LogP contribution in [0.1, 0.15) is 12.0 Å². The van der Waals surface area contributed by atoms with Crippen molar-refractivity contribution < 1.29 is 17.9 Å². The van der Waals surface area contributed by atoms with Gasteiger partial charge in [-0.3, -0.25) is 4.79 Å². The third kappa shape index (κ3) is 2.68. The van der Waals surface area contributed by atoms with Crippen LogP contribution in [0.15, 0.2) is 53.4 Å². The summed E-state index contributed by atoms with van der Waals surface area (Å²) in [5.41, 5.74) is 1.63. The molecule has 2 aromatic carbocycles. The van der Waals surface area contributed by atoms with Gasteiger partial charge in [-0.15, -0.1) is 0 Å². The van der Waals surface area contributed by atoms with Crippen LogP contribution in [-0.4, -0.2) is 44.4 Å². The predicted molar refractivity (Wildman–Crippen MR) is 97.7 cm³/mol. The third-order valence-electron chi connectivity index (χ3n) is 4.98. The number of sulfonamides is 1. The van der Waals surface area contributed by atoms with Crippen LogP contribution in [0.4, 0.5) is 5.69 Å². The van der Waals surface area contributed by atoms with E-state index in [0.29, 0.717) is 17.9 Å². The van der Waals surface area contributed by atoms with Gasteiger partial charge < -0.3 is 9.64 Å². The first-order chi connectivity index (χ1) is 12.4. The standard InChI is InChI=1S/C19H20N2O4S/c1-13-7-9-15(10-8-13)26(23,24)21-12-14-11-17(21)19(22)20(2)16-5-3-4-6-18(16)25-14/h3-10,14,17H,11-12H2,1-2H3. The maximum atomic E-state index is 13.1. The molecule has 2 atom stereocenters. The van der Waals surface area contributed by atoms with Crippen LogP contribution in [0.3, 0.4) is 0 Å². The fourth-order valence-corrected chi connectivity index (χ4v) is 5.17. The van der Waals surface area contributed by atoms with Crippen molar-refractivity contribution in [3.63, 3.8) is 0 Å². The number of rotatable bonds is 2. The number of nitrogens with zero attached hydrogens (tertiary/aromatic N) is 2. The van der Waals surface area contributed by atoms with E-state index in [-0.39, 0.29) is 23.5 Å². The molecule has 0 aromatic heterocycles. The normalized spacial score (nSPS) is 23.2. The quantitative estimate of drug-likeness (QED) is 0.810. The lowest BCUT2D eigenvalue weighted by molar-refractivity contribution is -0.121. The number of carbonyl (C=O) groups is 1. The van der Waals surface area contributed by atoms with E-state index in [1.54, 1.807) is 43.4 Å². The minimum absolute atomic E-state index is 0.161. The zero-order valence-corrected chi connectivity index (χ0v) is 15.4. The molecule has 2 aliphatic heterocycles. The number of ether oxygens (including phenoxy) is 1. The number of aryl methyl sites for hydroxylation is 1. The summed E-state index contributed by atoms with van der Waals surface area (Å²) in [7, 11) is -2.13. The second-order valence-corrected chi connectivity index (χ2v) is 8.63. The van der Waals surface area contributed by atoms with Crippen molar-refractivity contribution in [3.8, 4) is 5.75 Å². The van der Waals surface area contributed by atoms with Crippen molar-refractivity contribution in [2.24, 2.45) is 0 Å². The Morgan fingerprint density at radius 1 is 1.08 bits per heavy atom. The molecule has 2 aromatic rings. The van der Waals surface area contributed by atoms with Crippen molar-refractivity contribution in [1.82, 2.24) is 4.31 Å². The number of benzene rings is 2. The van der Waals surface area contributed by atoms with E-state index < -0.39 is 16.1 Å². The second-order valence-electron chi connectivity index (χ2n) is 6.74. The largest absolute Gasteiger partial charge is 0.487 e. The number of anilines is 1. The molecular formula is C19H20N2O4S. The van der Waals surface area contributed by atoms with Crippen molar-refractivity contribution in [1.29, 1.82) is 0 Å². The Kier molecular flexibility index (Phi) is 4.00.